The van der Waals surface area contributed by atoms with Crippen molar-refractivity contribution < 1.29 is 32.4 Å². The molecule has 0 aliphatic rings. The van der Waals surface area contributed by atoms with E-state index in [9.17, 15) is 32.9 Å². The summed E-state index contributed by atoms with van der Waals surface area (Å²) in [5.41, 5.74) is -1.89. The number of nitro benzene ring substituents is 1. The van der Waals surface area contributed by atoms with Crippen LogP contribution in [0.4, 0.5) is 24.5 Å². The summed E-state index contributed by atoms with van der Waals surface area (Å²) >= 11 is 0. The molecule has 0 radical (unpaired) electrons. The first kappa shape index (κ1) is 20.6. The van der Waals surface area contributed by atoms with E-state index in [1.54, 1.807) is 0 Å². The Morgan fingerprint density at radius 2 is 1.82 bits per heavy atom. The average Bonchev–Trinajstić information content (AvgIpc) is 2.66. The number of benzene rings is 2. The molecule has 10 heteroatoms. The van der Waals surface area contributed by atoms with Gasteiger partial charge >= 0.3 is 12.1 Å². The lowest BCUT2D eigenvalue weighted by Gasteiger charge is -2.12. The monoisotopic (exact) mass is 394 g/mol. The zero-order valence-corrected chi connectivity index (χ0v) is 14.3. The molecule has 2 aromatic rings. The van der Waals surface area contributed by atoms with Gasteiger partial charge in [0.25, 0.3) is 5.69 Å². The third kappa shape index (κ3) is 5.16. The van der Waals surface area contributed by atoms with Gasteiger partial charge in [-0.1, -0.05) is 18.2 Å². The van der Waals surface area contributed by atoms with Crippen LogP contribution in [0.15, 0.2) is 60.3 Å². The molecule has 0 aromatic heterocycles. The molecule has 0 amide bonds. The second-order valence-electron chi connectivity index (χ2n) is 5.42. The van der Waals surface area contributed by atoms with Crippen LogP contribution in [0, 0.1) is 10.1 Å². The molecule has 0 saturated heterocycles. The number of carbonyl (C=O) groups excluding carboxylic acids is 2. The van der Waals surface area contributed by atoms with Crippen molar-refractivity contribution in [3.8, 4) is 0 Å². The van der Waals surface area contributed by atoms with Crippen LogP contribution >= 0.6 is 0 Å². The van der Waals surface area contributed by atoms with Crippen molar-refractivity contribution in [2.24, 2.45) is 0 Å². The number of allylic oxidation sites excluding steroid dienone is 1. The normalized spacial score (nSPS) is 11.6. The topological polar surface area (TPSA) is 98.5 Å². The minimum Gasteiger partial charge on any atom is -0.464 e. The van der Waals surface area contributed by atoms with Gasteiger partial charge < -0.3 is 10.1 Å². The third-order valence-corrected chi connectivity index (χ3v) is 3.49. The van der Waals surface area contributed by atoms with Gasteiger partial charge in [-0.2, -0.15) is 13.2 Å². The van der Waals surface area contributed by atoms with Crippen LogP contribution < -0.4 is 5.32 Å². The maximum absolute atomic E-state index is 12.8. The first-order chi connectivity index (χ1) is 13.1. The van der Waals surface area contributed by atoms with Gasteiger partial charge in [-0.3, -0.25) is 14.9 Å². The Kier molecular flexibility index (Phi) is 6.14. The van der Waals surface area contributed by atoms with Crippen LogP contribution in [0.3, 0.4) is 0 Å². The molecule has 0 bridgehead atoms. The van der Waals surface area contributed by atoms with Gasteiger partial charge in [0.1, 0.15) is 5.70 Å². The first-order valence-electron chi connectivity index (χ1n) is 7.65. The van der Waals surface area contributed by atoms with Gasteiger partial charge in [0.2, 0.25) is 0 Å². The summed E-state index contributed by atoms with van der Waals surface area (Å²) in [5, 5.41) is 13.2. The summed E-state index contributed by atoms with van der Waals surface area (Å²) in [6, 6.07) is 8.78. The Morgan fingerprint density at radius 1 is 1.14 bits per heavy atom. The van der Waals surface area contributed by atoms with Crippen molar-refractivity contribution in [3.05, 3.63) is 81.5 Å². The van der Waals surface area contributed by atoms with Crippen molar-refractivity contribution in [1.82, 2.24) is 0 Å². The number of non-ortho nitro benzene ring substituents is 1. The zero-order chi connectivity index (χ0) is 20.9. The van der Waals surface area contributed by atoms with Crippen LogP contribution in [0.2, 0.25) is 0 Å². The number of halogens is 3. The molecule has 0 aliphatic carbocycles. The molecule has 0 spiro atoms. The highest BCUT2D eigenvalue weighted by molar-refractivity contribution is 6.09. The Morgan fingerprint density at radius 3 is 2.43 bits per heavy atom. The summed E-state index contributed by atoms with van der Waals surface area (Å²) in [6.45, 7) is 0. The fourth-order valence-electron chi connectivity index (χ4n) is 2.17. The number of alkyl halides is 3. The summed E-state index contributed by atoms with van der Waals surface area (Å²) < 4.78 is 43.0. The first-order valence-corrected chi connectivity index (χ1v) is 7.65. The number of anilines is 1. The van der Waals surface area contributed by atoms with Gasteiger partial charge in [-0.25, -0.2) is 4.79 Å². The zero-order valence-electron chi connectivity index (χ0n) is 14.3. The maximum Gasteiger partial charge on any atom is 0.416 e. The van der Waals surface area contributed by atoms with Crippen molar-refractivity contribution in [2.75, 3.05) is 12.4 Å². The van der Waals surface area contributed by atoms with E-state index < -0.39 is 34.1 Å². The molecule has 0 unspecified atom stereocenters. The minimum absolute atomic E-state index is 0.0820. The molecule has 7 nitrogen and oxygen atoms in total. The Labute approximate surface area is 156 Å². The van der Waals surface area contributed by atoms with Crippen LogP contribution in [0.1, 0.15) is 15.9 Å². The molecule has 2 rings (SSSR count). The fraction of sp³-hybridized carbons (Fsp3) is 0.111. The van der Waals surface area contributed by atoms with E-state index in [4.69, 9.17) is 0 Å². The lowest BCUT2D eigenvalue weighted by atomic mass is 10.1. The number of hydrogen-bond acceptors (Lipinski definition) is 6. The molecule has 0 fully saturated rings. The summed E-state index contributed by atoms with van der Waals surface area (Å²) in [5.74, 6) is -1.78. The molecule has 2 aromatic carbocycles. The number of nitrogens with one attached hydrogen (secondary N) is 1. The number of methoxy groups -OCH3 is 1. The Balaban J connectivity index is 2.36. The van der Waals surface area contributed by atoms with E-state index in [0.717, 1.165) is 37.5 Å². The maximum atomic E-state index is 12.8. The highest BCUT2D eigenvalue weighted by Crippen LogP contribution is 2.31. The highest BCUT2D eigenvalue weighted by Gasteiger charge is 2.30. The number of nitro groups is 1. The highest BCUT2D eigenvalue weighted by atomic mass is 19.4. The van der Waals surface area contributed by atoms with Gasteiger partial charge in [-0.05, 0) is 18.2 Å². The van der Waals surface area contributed by atoms with Gasteiger partial charge in [0.05, 0.1) is 17.6 Å². The number of nitrogens with zero attached hydrogens (tertiary/aromatic N) is 1. The van der Waals surface area contributed by atoms with Gasteiger partial charge in [-0.15, -0.1) is 0 Å². The molecule has 146 valence electrons. The van der Waals surface area contributed by atoms with Crippen LogP contribution in [-0.4, -0.2) is 23.8 Å². The van der Waals surface area contributed by atoms with Crippen LogP contribution in [0.5, 0.6) is 0 Å². The van der Waals surface area contributed by atoms with E-state index >= 15 is 0 Å². The molecular formula is C18H13F3N2O5. The second kappa shape index (κ2) is 8.33. The molecule has 0 saturated carbocycles. The molecule has 28 heavy (non-hydrogen) atoms. The lowest BCUT2D eigenvalue weighted by Crippen LogP contribution is -2.15. The standard InChI is InChI=1S/C18H13F3N2O5/c1-28-17(25)15(22-13-6-3-5-12(9-13)18(19,20)21)10-16(24)11-4-2-7-14(8-11)23(26)27/h2-10,22H,1H3/b15-10-. The number of hydrogen-bond donors (Lipinski definition) is 1. The van der Waals surface area contributed by atoms with Gasteiger partial charge in [0.15, 0.2) is 5.78 Å². The largest absolute Gasteiger partial charge is 0.464 e. The number of ether oxygens (including phenoxy) is 1. The predicted octanol–water partition coefficient (Wildman–Crippen LogP) is 3.97. The summed E-state index contributed by atoms with van der Waals surface area (Å²) in [7, 11) is 1.03. The van der Waals surface area contributed by atoms with Crippen molar-refractivity contribution in [2.45, 2.75) is 6.18 Å². The molecule has 0 heterocycles. The Bertz CT molecular complexity index is 954. The van der Waals surface area contributed by atoms with Crippen molar-refractivity contribution in [1.29, 1.82) is 0 Å². The smallest absolute Gasteiger partial charge is 0.416 e. The van der Waals surface area contributed by atoms with E-state index in [1.165, 1.54) is 24.3 Å². The molecule has 0 atom stereocenters. The number of esters is 1. The molecule has 1 N–H and O–H groups in total. The summed E-state index contributed by atoms with van der Waals surface area (Å²) in [6.07, 6.45) is -3.79. The third-order valence-electron chi connectivity index (χ3n) is 3.49. The predicted molar refractivity (Wildman–Crippen MR) is 92.6 cm³/mol. The van der Waals surface area contributed by atoms with Gasteiger partial charge in [0, 0.05) is 29.5 Å². The van der Waals surface area contributed by atoms with E-state index in [2.05, 4.69) is 10.1 Å². The van der Waals surface area contributed by atoms with Crippen molar-refractivity contribution >= 4 is 23.1 Å². The number of ketones is 1. The van der Waals surface area contributed by atoms with E-state index in [0.29, 0.717) is 0 Å². The quantitative estimate of drug-likeness (QED) is 0.262. The SMILES string of the molecule is COC(=O)/C(=C/C(=O)c1cccc([N+](=O)[O-])c1)Nc1cccc(C(F)(F)F)c1. The van der Waals surface area contributed by atoms with Crippen molar-refractivity contribution in [3.63, 3.8) is 0 Å². The lowest BCUT2D eigenvalue weighted by molar-refractivity contribution is -0.384. The second-order valence-corrected chi connectivity index (χ2v) is 5.42. The van der Waals surface area contributed by atoms with E-state index in [1.807, 2.05) is 0 Å². The Hall–Kier alpha value is -3.69. The minimum atomic E-state index is -4.59. The molecule has 0 aliphatic heterocycles. The molecular weight excluding hydrogens is 381 g/mol. The van der Waals surface area contributed by atoms with E-state index in [-0.39, 0.29) is 16.9 Å². The fourth-order valence-corrected chi connectivity index (χ4v) is 2.17. The summed E-state index contributed by atoms with van der Waals surface area (Å²) in [4.78, 5) is 34.4. The van der Waals surface area contributed by atoms with Crippen LogP contribution in [0.25, 0.3) is 0 Å². The number of rotatable bonds is 6. The van der Waals surface area contributed by atoms with Crippen LogP contribution in [-0.2, 0) is 15.7 Å². The average molecular weight is 394 g/mol. The number of carbonyl (C=O) groups is 2.